The fraction of sp³-hybridized carbons (Fsp3) is 0.529. The van der Waals surface area contributed by atoms with Gasteiger partial charge in [-0.05, 0) is 81.8 Å². The van der Waals surface area contributed by atoms with Crippen molar-refractivity contribution in [3.05, 3.63) is 59.7 Å². The van der Waals surface area contributed by atoms with Gasteiger partial charge in [-0.3, -0.25) is 19.2 Å². The van der Waals surface area contributed by atoms with Crippen molar-refractivity contribution in [3.63, 3.8) is 0 Å². The van der Waals surface area contributed by atoms with E-state index < -0.39 is 84.5 Å². The quantitative estimate of drug-likeness (QED) is 0.112. The Morgan fingerprint density at radius 1 is 0.736 bits per heavy atom. The normalized spacial score (nSPS) is 16.5. The summed E-state index contributed by atoms with van der Waals surface area (Å²) in [5, 5.41) is 2.41. The van der Waals surface area contributed by atoms with E-state index in [4.69, 9.17) is 5.73 Å². The van der Waals surface area contributed by atoms with Crippen LogP contribution in [0.2, 0.25) is 0 Å². The molecule has 2 fully saturated rings. The Hall–Kier alpha value is -4.42. The summed E-state index contributed by atoms with van der Waals surface area (Å²) in [7, 11) is 0. The van der Waals surface area contributed by atoms with Crippen molar-refractivity contribution < 1.29 is 77.3 Å². The van der Waals surface area contributed by atoms with Crippen molar-refractivity contribution in [2.24, 2.45) is 16.6 Å². The molecule has 0 spiro atoms. The lowest BCUT2D eigenvalue weighted by atomic mass is 9.98. The Bertz CT molecular complexity index is 1560. The van der Waals surface area contributed by atoms with Gasteiger partial charge in [0.1, 0.15) is 17.9 Å². The predicted octanol–water partition coefficient (Wildman–Crippen LogP) is 7.93. The van der Waals surface area contributed by atoms with Crippen LogP contribution in [0, 0.1) is 10.8 Å². The van der Waals surface area contributed by atoms with E-state index in [9.17, 15) is 63.1 Å². The van der Waals surface area contributed by atoms with E-state index in [0.717, 1.165) is 12.1 Å². The minimum atomic E-state index is -4.84. The molecule has 2 aliphatic rings. The Kier molecular flexibility index (Phi) is 15.7. The van der Waals surface area contributed by atoms with Crippen LogP contribution < -0.4 is 20.5 Å². The number of alkyl halides is 10. The van der Waals surface area contributed by atoms with E-state index in [0.29, 0.717) is 11.1 Å². The maximum atomic E-state index is 12.8. The molecule has 2 aromatic carbocycles. The number of ketones is 2. The van der Waals surface area contributed by atoms with Gasteiger partial charge in [0.15, 0.2) is 11.6 Å². The first-order chi connectivity index (χ1) is 24.4. The summed E-state index contributed by atoms with van der Waals surface area (Å²) in [6, 6.07) is 9.59. The van der Waals surface area contributed by atoms with Gasteiger partial charge >= 0.3 is 18.7 Å². The Morgan fingerprint density at radius 2 is 1.15 bits per heavy atom. The number of Topliss-reactive ketones (excluding diaryl/α,β-unsaturated/α-hetero) is 2. The lowest BCUT2D eigenvalue weighted by molar-refractivity contribution is -0.275. The molecule has 0 radical (unpaired) electrons. The molecule has 4 rings (SSSR count). The van der Waals surface area contributed by atoms with Crippen molar-refractivity contribution in [1.29, 1.82) is 0 Å². The van der Waals surface area contributed by atoms with Gasteiger partial charge in [-0.15, -0.1) is 26.3 Å². The van der Waals surface area contributed by atoms with Crippen LogP contribution in [0.4, 0.5) is 43.9 Å². The first-order valence-electron chi connectivity index (χ1n) is 16.0. The third kappa shape index (κ3) is 14.5. The van der Waals surface area contributed by atoms with Gasteiger partial charge in [-0.2, -0.15) is 0 Å². The number of ether oxygens (including phenoxy) is 3. The molecule has 0 aliphatic heterocycles. The van der Waals surface area contributed by atoms with Gasteiger partial charge in [-0.25, -0.2) is 17.6 Å². The molecule has 0 heterocycles. The summed E-state index contributed by atoms with van der Waals surface area (Å²) in [6.07, 6.45) is -15.7. The summed E-state index contributed by atoms with van der Waals surface area (Å²) in [6.45, 7) is 4.94. The van der Waals surface area contributed by atoms with Crippen LogP contribution in [0.15, 0.2) is 48.5 Å². The number of hydrogen-bond acceptors (Lipinski definition) is 8. The standard InChI is InChI=1S/C16H16F5NO3.C9H10F3NO.C9H12F2O3/c1-9(10-3-2-4-11(7-10)25-16(19,20)21)22-13(24)8-12(23)15(5-6-15)14(17)18;1-6(13)7-3-2-4-8(5-7)14-9(10,11)12;1-2-14-7(13)5-6(12)9(3-4-9)8(10)11/h2-4,7,9,14H,5-6,8H2,1H3,(H,22,24);2-6H,13H2,1H3;8H,2-5H2,1H3/t9-;6-;/m00./s1. The fourth-order valence-corrected chi connectivity index (χ4v) is 4.70. The summed E-state index contributed by atoms with van der Waals surface area (Å²) in [5.41, 5.74) is 3.19. The van der Waals surface area contributed by atoms with E-state index in [1.807, 2.05) is 0 Å². The molecule has 1 amide bonds. The molecule has 0 saturated heterocycles. The van der Waals surface area contributed by atoms with E-state index in [-0.39, 0.29) is 44.1 Å². The molecule has 2 saturated carbocycles. The third-order valence-corrected chi connectivity index (χ3v) is 8.04. The van der Waals surface area contributed by atoms with Crippen molar-refractivity contribution in [2.45, 2.75) is 97.0 Å². The van der Waals surface area contributed by atoms with E-state index >= 15 is 0 Å². The fourth-order valence-electron chi connectivity index (χ4n) is 4.70. The molecule has 53 heavy (non-hydrogen) atoms. The summed E-state index contributed by atoms with van der Waals surface area (Å²) >= 11 is 0. The molecule has 0 bridgehead atoms. The van der Waals surface area contributed by atoms with Crippen LogP contribution in [0.5, 0.6) is 11.5 Å². The molecule has 2 atom stereocenters. The predicted molar refractivity (Wildman–Crippen MR) is 167 cm³/mol. The van der Waals surface area contributed by atoms with Crippen molar-refractivity contribution in [1.82, 2.24) is 5.32 Å². The SMILES string of the molecule is CCOC(=O)CC(=O)C1(C(F)F)CC1.C[C@H](N)c1cccc(OC(F)(F)F)c1.C[C@H](NC(=O)CC(=O)C1(C(F)F)CC1)c1cccc(OC(F)(F)F)c1. The highest BCUT2D eigenvalue weighted by atomic mass is 19.4. The second-order valence-corrected chi connectivity index (χ2v) is 12.2. The summed E-state index contributed by atoms with van der Waals surface area (Å²) in [5.74, 6) is -3.67. The van der Waals surface area contributed by atoms with Crippen molar-refractivity contribution >= 4 is 23.4 Å². The maximum Gasteiger partial charge on any atom is 0.573 e. The number of esters is 1. The summed E-state index contributed by atoms with van der Waals surface area (Å²) < 4.78 is 135. The number of amides is 1. The number of benzene rings is 2. The lowest BCUT2D eigenvalue weighted by Crippen LogP contribution is -2.33. The zero-order valence-electron chi connectivity index (χ0n) is 28.6. The molecule has 3 N–H and O–H groups in total. The molecule has 19 heteroatoms. The van der Waals surface area contributed by atoms with Gasteiger partial charge in [0.2, 0.25) is 5.91 Å². The number of nitrogens with one attached hydrogen (secondary N) is 1. The first-order valence-corrected chi connectivity index (χ1v) is 16.0. The van der Waals surface area contributed by atoms with Crippen molar-refractivity contribution in [2.75, 3.05) is 6.61 Å². The van der Waals surface area contributed by atoms with Crippen LogP contribution in [-0.4, -0.2) is 55.6 Å². The average molecular weight is 777 g/mol. The van der Waals surface area contributed by atoms with Crippen LogP contribution >= 0.6 is 0 Å². The average Bonchev–Trinajstić information content (AvgIpc) is 3.94. The number of halogens is 10. The molecular formula is C34H38F10N2O7. The Labute approximate surface area is 297 Å². The Balaban J connectivity index is 0.000000296. The van der Waals surface area contributed by atoms with E-state index in [2.05, 4.69) is 19.5 Å². The molecule has 0 unspecified atom stereocenters. The molecule has 0 aromatic heterocycles. The molecule has 2 aromatic rings. The zero-order chi connectivity index (χ0) is 40.4. The van der Waals surface area contributed by atoms with Crippen LogP contribution in [-0.2, 0) is 23.9 Å². The van der Waals surface area contributed by atoms with Gasteiger partial charge in [0, 0.05) is 6.04 Å². The topological polar surface area (TPSA) is 134 Å². The maximum absolute atomic E-state index is 12.8. The minimum absolute atomic E-state index is 0.0587. The van der Waals surface area contributed by atoms with E-state index in [1.165, 1.54) is 37.3 Å². The monoisotopic (exact) mass is 776 g/mol. The molecule has 2 aliphatic carbocycles. The first kappa shape index (κ1) is 44.7. The van der Waals surface area contributed by atoms with Crippen LogP contribution in [0.25, 0.3) is 0 Å². The lowest BCUT2D eigenvalue weighted by Gasteiger charge is -2.17. The molecular weight excluding hydrogens is 738 g/mol. The molecule has 296 valence electrons. The number of hydrogen-bond donors (Lipinski definition) is 2. The highest BCUT2D eigenvalue weighted by Crippen LogP contribution is 2.53. The largest absolute Gasteiger partial charge is 0.573 e. The number of nitrogens with two attached hydrogens (primary N) is 1. The van der Waals surface area contributed by atoms with Crippen molar-refractivity contribution in [3.8, 4) is 11.5 Å². The number of carbonyl (C=O) groups is 4. The summed E-state index contributed by atoms with van der Waals surface area (Å²) in [4.78, 5) is 45.8. The van der Waals surface area contributed by atoms with Gasteiger partial charge < -0.3 is 25.3 Å². The number of carbonyl (C=O) groups excluding carboxylic acids is 4. The second kappa shape index (κ2) is 18.6. The minimum Gasteiger partial charge on any atom is -0.466 e. The molecule has 9 nitrogen and oxygen atoms in total. The van der Waals surface area contributed by atoms with Gasteiger partial charge in [0.05, 0.1) is 29.9 Å². The zero-order valence-corrected chi connectivity index (χ0v) is 28.6. The van der Waals surface area contributed by atoms with Gasteiger partial charge in [0.25, 0.3) is 12.9 Å². The van der Waals surface area contributed by atoms with E-state index in [1.54, 1.807) is 19.9 Å². The Morgan fingerprint density at radius 3 is 1.53 bits per heavy atom. The van der Waals surface area contributed by atoms with Gasteiger partial charge in [-0.1, -0.05) is 24.3 Å². The highest BCUT2D eigenvalue weighted by Gasteiger charge is 2.58. The third-order valence-electron chi connectivity index (χ3n) is 8.04. The smallest absolute Gasteiger partial charge is 0.466 e. The van der Waals surface area contributed by atoms with Crippen LogP contribution in [0.1, 0.15) is 82.5 Å². The van der Waals surface area contributed by atoms with Crippen LogP contribution in [0.3, 0.4) is 0 Å². The second-order valence-electron chi connectivity index (χ2n) is 12.2. The number of rotatable bonds is 14. The highest BCUT2D eigenvalue weighted by molar-refractivity contribution is 6.02.